The lowest BCUT2D eigenvalue weighted by Crippen LogP contribution is -2.14. The van der Waals surface area contributed by atoms with E-state index in [9.17, 15) is 9.18 Å². The van der Waals surface area contributed by atoms with Crippen LogP contribution in [-0.2, 0) is 0 Å². The van der Waals surface area contributed by atoms with Crippen molar-refractivity contribution in [2.45, 2.75) is 0 Å². The maximum Gasteiger partial charge on any atom is 0.258 e. The first-order valence-corrected chi connectivity index (χ1v) is 4.78. The summed E-state index contributed by atoms with van der Waals surface area (Å²) in [7, 11) is 0. The van der Waals surface area contributed by atoms with E-state index in [0.29, 0.717) is 11.4 Å². The SMILES string of the molecule is Nc1ccc(F)c(C(=O)Nc2cncnc2)c1. The number of nitrogens with zero attached hydrogens (tertiary/aromatic N) is 2. The zero-order chi connectivity index (χ0) is 12.3. The molecule has 0 saturated heterocycles. The molecule has 0 fully saturated rings. The normalized spacial score (nSPS) is 9.94. The number of nitrogens with two attached hydrogens (primary N) is 1. The van der Waals surface area contributed by atoms with Crippen molar-refractivity contribution >= 4 is 17.3 Å². The highest BCUT2D eigenvalue weighted by Crippen LogP contribution is 2.13. The van der Waals surface area contributed by atoms with Crippen molar-refractivity contribution in [3.05, 3.63) is 48.3 Å². The molecule has 1 amide bonds. The van der Waals surface area contributed by atoms with E-state index in [1.54, 1.807) is 0 Å². The Kier molecular flexibility index (Phi) is 2.95. The molecule has 1 heterocycles. The molecule has 0 bridgehead atoms. The Hall–Kier alpha value is -2.50. The lowest BCUT2D eigenvalue weighted by atomic mass is 10.1. The van der Waals surface area contributed by atoms with E-state index in [1.807, 2.05) is 0 Å². The number of benzene rings is 1. The van der Waals surface area contributed by atoms with Crippen LogP contribution >= 0.6 is 0 Å². The Morgan fingerprint density at radius 3 is 2.71 bits per heavy atom. The van der Waals surface area contributed by atoms with Crippen LogP contribution < -0.4 is 11.1 Å². The number of rotatable bonds is 2. The molecule has 1 aromatic carbocycles. The number of hydrogen-bond donors (Lipinski definition) is 2. The van der Waals surface area contributed by atoms with Crippen molar-refractivity contribution in [3.8, 4) is 0 Å². The summed E-state index contributed by atoms with van der Waals surface area (Å²) >= 11 is 0. The van der Waals surface area contributed by atoms with Gasteiger partial charge in [-0.1, -0.05) is 0 Å². The molecule has 17 heavy (non-hydrogen) atoms. The monoisotopic (exact) mass is 232 g/mol. The summed E-state index contributed by atoms with van der Waals surface area (Å²) in [5.41, 5.74) is 6.08. The minimum Gasteiger partial charge on any atom is -0.399 e. The zero-order valence-electron chi connectivity index (χ0n) is 8.72. The fourth-order valence-electron chi connectivity index (χ4n) is 1.28. The van der Waals surface area contributed by atoms with Crippen LogP contribution in [0.1, 0.15) is 10.4 Å². The molecule has 0 aliphatic heterocycles. The van der Waals surface area contributed by atoms with Crippen molar-refractivity contribution in [2.24, 2.45) is 0 Å². The molecule has 1 aromatic heterocycles. The third kappa shape index (κ3) is 2.54. The molecule has 86 valence electrons. The number of carbonyl (C=O) groups is 1. The molecule has 0 atom stereocenters. The van der Waals surface area contributed by atoms with Crippen LogP contribution in [0.25, 0.3) is 0 Å². The van der Waals surface area contributed by atoms with E-state index in [0.717, 1.165) is 6.07 Å². The van der Waals surface area contributed by atoms with E-state index in [4.69, 9.17) is 5.73 Å². The largest absolute Gasteiger partial charge is 0.399 e. The minimum absolute atomic E-state index is 0.117. The first-order valence-electron chi connectivity index (χ1n) is 4.78. The number of carbonyl (C=O) groups excluding carboxylic acids is 1. The van der Waals surface area contributed by atoms with Gasteiger partial charge in [0.05, 0.1) is 23.6 Å². The molecule has 2 rings (SSSR count). The fraction of sp³-hybridized carbons (Fsp3) is 0. The Morgan fingerprint density at radius 1 is 1.29 bits per heavy atom. The van der Waals surface area contributed by atoms with E-state index >= 15 is 0 Å². The van der Waals surface area contributed by atoms with E-state index in [-0.39, 0.29) is 5.56 Å². The molecule has 0 radical (unpaired) electrons. The van der Waals surface area contributed by atoms with Gasteiger partial charge in [-0.15, -0.1) is 0 Å². The third-order valence-electron chi connectivity index (χ3n) is 2.05. The lowest BCUT2D eigenvalue weighted by Gasteiger charge is -2.05. The van der Waals surface area contributed by atoms with Crippen LogP contribution in [-0.4, -0.2) is 15.9 Å². The predicted octanol–water partition coefficient (Wildman–Crippen LogP) is 1.45. The topological polar surface area (TPSA) is 80.9 Å². The summed E-state index contributed by atoms with van der Waals surface area (Å²) in [5.74, 6) is -1.22. The Morgan fingerprint density at radius 2 is 2.00 bits per heavy atom. The molecule has 0 spiro atoms. The van der Waals surface area contributed by atoms with Crippen LogP contribution in [0, 0.1) is 5.82 Å². The molecule has 2 aromatic rings. The number of aromatic nitrogens is 2. The third-order valence-corrected chi connectivity index (χ3v) is 2.05. The van der Waals surface area contributed by atoms with Crippen molar-refractivity contribution in [3.63, 3.8) is 0 Å². The van der Waals surface area contributed by atoms with E-state index < -0.39 is 11.7 Å². The van der Waals surface area contributed by atoms with Gasteiger partial charge in [0.2, 0.25) is 0 Å². The molecule has 6 heteroatoms. The second-order valence-electron chi connectivity index (χ2n) is 3.32. The van der Waals surface area contributed by atoms with Gasteiger partial charge in [-0.05, 0) is 18.2 Å². The van der Waals surface area contributed by atoms with Gasteiger partial charge in [0.15, 0.2) is 0 Å². The highest BCUT2D eigenvalue weighted by Gasteiger charge is 2.12. The maximum atomic E-state index is 13.4. The minimum atomic E-state index is -0.631. The quantitative estimate of drug-likeness (QED) is 0.768. The molecular weight excluding hydrogens is 223 g/mol. The second kappa shape index (κ2) is 4.56. The van der Waals surface area contributed by atoms with Crippen LogP contribution in [0.5, 0.6) is 0 Å². The van der Waals surface area contributed by atoms with Gasteiger partial charge in [0.1, 0.15) is 12.1 Å². The van der Waals surface area contributed by atoms with Crippen LogP contribution in [0.2, 0.25) is 0 Å². The Labute approximate surface area is 96.5 Å². The van der Waals surface area contributed by atoms with Gasteiger partial charge in [-0.2, -0.15) is 0 Å². The number of nitrogen functional groups attached to an aromatic ring is 1. The second-order valence-corrected chi connectivity index (χ2v) is 3.32. The standard InChI is InChI=1S/C11H9FN4O/c12-10-2-1-7(13)3-9(10)11(17)16-8-4-14-6-15-5-8/h1-6H,13H2,(H,16,17). The average molecular weight is 232 g/mol. The number of halogens is 1. The van der Waals surface area contributed by atoms with Crippen molar-refractivity contribution in [2.75, 3.05) is 11.1 Å². The van der Waals surface area contributed by atoms with Gasteiger partial charge in [0, 0.05) is 5.69 Å². The molecule has 5 nitrogen and oxygen atoms in total. The maximum absolute atomic E-state index is 13.4. The molecular formula is C11H9FN4O. The zero-order valence-corrected chi connectivity index (χ0v) is 8.72. The van der Waals surface area contributed by atoms with Crippen LogP contribution in [0.4, 0.5) is 15.8 Å². The number of amides is 1. The Balaban J connectivity index is 2.23. The van der Waals surface area contributed by atoms with Crippen LogP contribution in [0.3, 0.4) is 0 Å². The van der Waals surface area contributed by atoms with Gasteiger partial charge < -0.3 is 11.1 Å². The van der Waals surface area contributed by atoms with Gasteiger partial charge >= 0.3 is 0 Å². The number of nitrogens with one attached hydrogen (secondary N) is 1. The molecule has 3 N–H and O–H groups in total. The smallest absolute Gasteiger partial charge is 0.258 e. The summed E-state index contributed by atoms with van der Waals surface area (Å²) in [5, 5.41) is 2.47. The van der Waals surface area contributed by atoms with Crippen LogP contribution in [0.15, 0.2) is 36.9 Å². The first-order chi connectivity index (χ1) is 8.16. The first kappa shape index (κ1) is 11.0. The molecule has 0 saturated carbocycles. The van der Waals surface area contributed by atoms with Gasteiger partial charge in [0.25, 0.3) is 5.91 Å². The highest BCUT2D eigenvalue weighted by molar-refractivity contribution is 6.04. The summed E-state index contributed by atoms with van der Waals surface area (Å²) in [6, 6.07) is 3.80. The summed E-state index contributed by atoms with van der Waals surface area (Å²) in [6.07, 6.45) is 4.15. The summed E-state index contributed by atoms with van der Waals surface area (Å²) in [4.78, 5) is 19.2. The molecule has 0 aliphatic carbocycles. The summed E-state index contributed by atoms with van der Waals surface area (Å²) in [6.45, 7) is 0. The molecule has 0 unspecified atom stereocenters. The van der Waals surface area contributed by atoms with Gasteiger partial charge in [-0.3, -0.25) is 4.79 Å². The Bertz CT molecular complexity index is 544. The van der Waals surface area contributed by atoms with Crippen molar-refractivity contribution in [1.82, 2.24) is 9.97 Å². The fourth-order valence-corrected chi connectivity index (χ4v) is 1.28. The van der Waals surface area contributed by atoms with Crippen molar-refractivity contribution in [1.29, 1.82) is 0 Å². The van der Waals surface area contributed by atoms with E-state index in [1.165, 1.54) is 30.9 Å². The molecule has 0 aliphatic rings. The van der Waals surface area contributed by atoms with Gasteiger partial charge in [-0.25, -0.2) is 14.4 Å². The summed E-state index contributed by atoms with van der Waals surface area (Å²) < 4.78 is 13.4. The van der Waals surface area contributed by atoms with E-state index in [2.05, 4.69) is 15.3 Å². The predicted molar refractivity (Wildman–Crippen MR) is 60.8 cm³/mol. The number of anilines is 2. The highest BCUT2D eigenvalue weighted by atomic mass is 19.1. The number of hydrogen-bond acceptors (Lipinski definition) is 4. The van der Waals surface area contributed by atoms with Crippen molar-refractivity contribution < 1.29 is 9.18 Å². The average Bonchev–Trinajstić information content (AvgIpc) is 2.33. The lowest BCUT2D eigenvalue weighted by molar-refractivity contribution is 0.102.